The fourth-order valence-electron chi connectivity index (χ4n) is 5.02. The molecular formula is C26H29N3O4. The Bertz CT molecular complexity index is 1230. The minimum atomic E-state index is -0.306. The van der Waals surface area contributed by atoms with Gasteiger partial charge in [0.1, 0.15) is 23.1 Å². The van der Waals surface area contributed by atoms with Crippen LogP contribution in [0.5, 0.6) is 5.75 Å². The Morgan fingerprint density at radius 3 is 2.45 bits per heavy atom. The zero-order valence-electron chi connectivity index (χ0n) is 19.3. The molecule has 0 N–H and O–H groups in total. The van der Waals surface area contributed by atoms with Crippen molar-refractivity contribution in [1.29, 1.82) is 0 Å². The summed E-state index contributed by atoms with van der Waals surface area (Å²) >= 11 is 0. The molecule has 0 unspecified atom stereocenters. The number of carbonyl (C=O) groups excluding carboxylic acids is 1. The predicted molar refractivity (Wildman–Crippen MR) is 126 cm³/mol. The van der Waals surface area contributed by atoms with E-state index < -0.39 is 0 Å². The van der Waals surface area contributed by atoms with Crippen LogP contribution in [0.25, 0.3) is 11.0 Å². The smallest absolute Gasteiger partial charge is 0.259 e. The average molecular weight is 448 g/mol. The van der Waals surface area contributed by atoms with Crippen LogP contribution in [-0.4, -0.2) is 51.8 Å². The number of carbonyl (C=O) groups is 1. The minimum absolute atomic E-state index is 0.0104. The Morgan fingerprint density at radius 2 is 1.82 bits per heavy atom. The summed E-state index contributed by atoms with van der Waals surface area (Å²) < 4.78 is 13.8. The lowest BCUT2D eigenvalue weighted by molar-refractivity contribution is -0.0586. The summed E-state index contributed by atoms with van der Waals surface area (Å²) in [4.78, 5) is 33.0. The fourth-order valence-corrected chi connectivity index (χ4v) is 5.02. The van der Waals surface area contributed by atoms with E-state index in [4.69, 9.17) is 9.47 Å². The highest BCUT2D eigenvalue weighted by Gasteiger charge is 2.29. The standard InChI is InChI=1S/C26H29N3O4/c1-4-28-15-23(26(31)29-13-16(2)32-17(3)14-29)24(30)22-11-21(12-27-25(22)28)33-20-9-18-7-5-6-8-19(18)10-20/h5-8,11-12,15-17,20H,4,9-10,13-14H2,1-3H3/t16-,17-/m0/s1. The van der Waals surface area contributed by atoms with E-state index in [9.17, 15) is 9.59 Å². The van der Waals surface area contributed by atoms with Crippen molar-refractivity contribution in [3.05, 3.63) is 69.6 Å². The van der Waals surface area contributed by atoms with Crippen molar-refractivity contribution in [2.45, 2.75) is 58.5 Å². The van der Waals surface area contributed by atoms with Crippen LogP contribution in [0.15, 0.2) is 47.5 Å². The quantitative estimate of drug-likeness (QED) is 0.614. The SMILES string of the molecule is CCn1cc(C(=O)N2C[C@H](C)O[C@@H](C)C2)c(=O)c2cc(OC3Cc4ccccc4C3)cnc21. The van der Waals surface area contributed by atoms with Crippen LogP contribution in [0, 0.1) is 0 Å². The molecule has 2 aliphatic rings. The summed E-state index contributed by atoms with van der Waals surface area (Å²) in [6, 6.07) is 10.1. The molecular weight excluding hydrogens is 418 g/mol. The van der Waals surface area contributed by atoms with Gasteiger partial charge in [-0.25, -0.2) is 4.98 Å². The number of morpholine rings is 1. The average Bonchev–Trinajstić information content (AvgIpc) is 3.21. The third-order valence-corrected chi connectivity index (χ3v) is 6.48. The van der Waals surface area contributed by atoms with E-state index in [0.29, 0.717) is 36.4 Å². The van der Waals surface area contributed by atoms with Gasteiger partial charge in [-0.05, 0) is 38.0 Å². The maximum absolute atomic E-state index is 13.4. The highest BCUT2D eigenvalue weighted by molar-refractivity contribution is 5.97. The van der Waals surface area contributed by atoms with Crippen molar-refractivity contribution < 1.29 is 14.3 Å². The number of benzene rings is 1. The lowest BCUT2D eigenvalue weighted by atomic mass is 10.1. The first-order chi connectivity index (χ1) is 15.9. The van der Waals surface area contributed by atoms with Gasteiger partial charge in [0.05, 0.1) is 23.8 Å². The molecule has 1 aliphatic heterocycles. The molecule has 7 heteroatoms. The number of amides is 1. The van der Waals surface area contributed by atoms with E-state index in [1.807, 2.05) is 37.5 Å². The van der Waals surface area contributed by atoms with Crippen molar-refractivity contribution in [3.63, 3.8) is 0 Å². The third kappa shape index (κ3) is 4.13. The van der Waals surface area contributed by atoms with Gasteiger partial charge in [-0.15, -0.1) is 0 Å². The second-order valence-corrected chi connectivity index (χ2v) is 9.08. The summed E-state index contributed by atoms with van der Waals surface area (Å²) in [6.07, 6.45) is 4.85. The Kier molecular flexibility index (Phi) is 5.66. The van der Waals surface area contributed by atoms with Crippen LogP contribution in [0.1, 0.15) is 42.3 Å². The summed E-state index contributed by atoms with van der Waals surface area (Å²) in [6.45, 7) is 7.38. The number of pyridine rings is 2. The number of ether oxygens (including phenoxy) is 2. The Balaban J connectivity index is 1.47. The van der Waals surface area contributed by atoms with Crippen LogP contribution in [0.3, 0.4) is 0 Å². The summed E-state index contributed by atoms with van der Waals surface area (Å²) in [5, 5.41) is 0.407. The van der Waals surface area contributed by atoms with E-state index in [1.165, 1.54) is 11.1 Å². The van der Waals surface area contributed by atoms with Crippen LogP contribution < -0.4 is 10.2 Å². The molecule has 1 fully saturated rings. The molecule has 0 radical (unpaired) electrons. The molecule has 3 aromatic rings. The summed E-state index contributed by atoms with van der Waals surface area (Å²) in [5.74, 6) is 0.293. The number of aromatic nitrogens is 2. The van der Waals surface area contributed by atoms with Crippen LogP contribution in [0.2, 0.25) is 0 Å². The summed E-state index contributed by atoms with van der Waals surface area (Å²) in [5.41, 5.74) is 3.01. The molecule has 172 valence electrons. The molecule has 0 bridgehead atoms. The second-order valence-electron chi connectivity index (χ2n) is 9.08. The number of rotatable bonds is 4. The maximum atomic E-state index is 13.4. The molecule has 33 heavy (non-hydrogen) atoms. The molecule has 0 spiro atoms. The van der Waals surface area contributed by atoms with Gasteiger partial charge in [0, 0.05) is 38.7 Å². The topological polar surface area (TPSA) is 73.7 Å². The van der Waals surface area contributed by atoms with Gasteiger partial charge in [-0.1, -0.05) is 24.3 Å². The minimum Gasteiger partial charge on any atom is -0.488 e. The third-order valence-electron chi connectivity index (χ3n) is 6.48. The molecule has 1 amide bonds. The molecule has 1 saturated heterocycles. The molecule has 2 atom stereocenters. The van der Waals surface area contributed by atoms with Gasteiger partial charge in [0.25, 0.3) is 5.91 Å². The number of hydrogen-bond donors (Lipinski definition) is 0. The zero-order valence-corrected chi connectivity index (χ0v) is 19.3. The van der Waals surface area contributed by atoms with Gasteiger partial charge in [0.2, 0.25) is 5.43 Å². The van der Waals surface area contributed by atoms with Gasteiger partial charge < -0.3 is 18.9 Å². The first-order valence-electron chi connectivity index (χ1n) is 11.6. The monoisotopic (exact) mass is 447 g/mol. The fraction of sp³-hybridized carbons (Fsp3) is 0.423. The highest BCUT2D eigenvalue weighted by atomic mass is 16.5. The Hall–Kier alpha value is -3.19. The van der Waals surface area contributed by atoms with Gasteiger partial charge in [0.15, 0.2) is 0 Å². The molecule has 1 aliphatic carbocycles. The van der Waals surface area contributed by atoms with E-state index in [-0.39, 0.29) is 35.2 Å². The molecule has 5 rings (SSSR count). The van der Waals surface area contributed by atoms with Crippen molar-refractivity contribution in [2.24, 2.45) is 0 Å². The first kappa shape index (κ1) is 21.6. The second kappa shape index (κ2) is 8.63. The summed E-state index contributed by atoms with van der Waals surface area (Å²) in [7, 11) is 0. The number of aryl methyl sites for hydroxylation is 1. The number of nitrogens with zero attached hydrogens (tertiary/aromatic N) is 3. The largest absolute Gasteiger partial charge is 0.488 e. The molecule has 3 heterocycles. The van der Waals surface area contributed by atoms with E-state index in [0.717, 1.165) is 12.8 Å². The van der Waals surface area contributed by atoms with Crippen molar-refractivity contribution >= 4 is 16.9 Å². The van der Waals surface area contributed by atoms with Gasteiger partial charge in [-0.2, -0.15) is 0 Å². The van der Waals surface area contributed by atoms with Gasteiger partial charge in [-0.3, -0.25) is 9.59 Å². The van der Waals surface area contributed by atoms with E-state index in [1.54, 1.807) is 23.4 Å². The highest BCUT2D eigenvalue weighted by Crippen LogP contribution is 2.26. The molecule has 7 nitrogen and oxygen atoms in total. The molecule has 0 saturated carbocycles. The molecule has 2 aromatic heterocycles. The first-order valence-corrected chi connectivity index (χ1v) is 11.6. The molecule has 1 aromatic carbocycles. The van der Waals surface area contributed by atoms with Crippen LogP contribution in [0.4, 0.5) is 0 Å². The van der Waals surface area contributed by atoms with Crippen molar-refractivity contribution in [3.8, 4) is 5.75 Å². The van der Waals surface area contributed by atoms with E-state index in [2.05, 4.69) is 17.1 Å². The Labute approximate surface area is 192 Å². The predicted octanol–water partition coefficient (Wildman–Crippen LogP) is 3.21. The number of hydrogen-bond acceptors (Lipinski definition) is 5. The van der Waals surface area contributed by atoms with Crippen LogP contribution >= 0.6 is 0 Å². The maximum Gasteiger partial charge on any atom is 0.259 e. The van der Waals surface area contributed by atoms with Crippen molar-refractivity contribution in [1.82, 2.24) is 14.5 Å². The Morgan fingerprint density at radius 1 is 1.15 bits per heavy atom. The van der Waals surface area contributed by atoms with E-state index >= 15 is 0 Å². The zero-order chi connectivity index (χ0) is 23.1. The lowest BCUT2D eigenvalue weighted by Crippen LogP contribution is -2.49. The van der Waals surface area contributed by atoms with Crippen LogP contribution in [-0.2, 0) is 24.1 Å². The van der Waals surface area contributed by atoms with Gasteiger partial charge >= 0.3 is 0 Å². The number of fused-ring (bicyclic) bond motifs is 2. The van der Waals surface area contributed by atoms with Crippen molar-refractivity contribution in [2.75, 3.05) is 13.1 Å². The normalized spacial score (nSPS) is 20.8. The lowest BCUT2D eigenvalue weighted by Gasteiger charge is -2.35.